The first-order valence-corrected chi connectivity index (χ1v) is 7.25. The Labute approximate surface area is 98.1 Å². The zero-order valence-corrected chi connectivity index (χ0v) is 10.1. The lowest BCUT2D eigenvalue weighted by Crippen LogP contribution is -2.71. The molecule has 3 atom stereocenters. The van der Waals surface area contributed by atoms with Crippen LogP contribution in [0.25, 0.3) is 0 Å². The molecule has 3 aliphatic carbocycles. The van der Waals surface area contributed by atoms with E-state index < -0.39 is 0 Å². The van der Waals surface area contributed by atoms with Crippen LogP contribution >= 0.6 is 0 Å². The van der Waals surface area contributed by atoms with Crippen LogP contribution in [0.1, 0.15) is 44.9 Å². The number of hydrogen-bond acceptors (Lipinski definition) is 2. The second kappa shape index (κ2) is 3.46. The van der Waals surface area contributed by atoms with Crippen molar-refractivity contribution in [2.45, 2.75) is 57.1 Å². The largest absolute Gasteiger partial charge is 0.377 e. The van der Waals surface area contributed by atoms with E-state index in [0.29, 0.717) is 11.5 Å². The molecule has 3 saturated carbocycles. The van der Waals surface area contributed by atoms with Crippen LogP contribution in [0, 0.1) is 17.3 Å². The van der Waals surface area contributed by atoms with Crippen LogP contribution in [0.5, 0.6) is 0 Å². The average molecular weight is 221 g/mol. The van der Waals surface area contributed by atoms with Gasteiger partial charge in [-0.05, 0) is 38.1 Å². The van der Waals surface area contributed by atoms with Crippen molar-refractivity contribution in [3.8, 4) is 0 Å². The van der Waals surface area contributed by atoms with Gasteiger partial charge in [-0.25, -0.2) is 0 Å². The minimum absolute atomic E-state index is 0.588. The number of fused-ring (bicyclic) bond motifs is 2. The van der Waals surface area contributed by atoms with Crippen LogP contribution in [0.2, 0.25) is 0 Å². The van der Waals surface area contributed by atoms with Crippen molar-refractivity contribution in [2.24, 2.45) is 17.3 Å². The number of rotatable bonds is 4. The molecular weight excluding hydrogens is 198 g/mol. The third-order valence-corrected chi connectivity index (χ3v) is 5.65. The first-order valence-electron chi connectivity index (χ1n) is 7.25. The quantitative estimate of drug-likeness (QED) is 0.786. The Morgan fingerprint density at radius 2 is 2.06 bits per heavy atom. The Morgan fingerprint density at radius 1 is 1.19 bits per heavy atom. The maximum Gasteiger partial charge on any atom is 0.0690 e. The van der Waals surface area contributed by atoms with Gasteiger partial charge in [0.05, 0.1) is 6.10 Å². The zero-order chi connectivity index (χ0) is 10.6. The fraction of sp³-hybridized carbons (Fsp3) is 1.00. The van der Waals surface area contributed by atoms with Crippen molar-refractivity contribution in [3.63, 3.8) is 0 Å². The molecule has 90 valence electrons. The van der Waals surface area contributed by atoms with Gasteiger partial charge in [0, 0.05) is 24.0 Å². The Balaban J connectivity index is 1.37. The fourth-order valence-corrected chi connectivity index (χ4v) is 4.41. The van der Waals surface area contributed by atoms with E-state index in [1.165, 1.54) is 51.5 Å². The van der Waals surface area contributed by atoms with E-state index in [1.807, 2.05) is 0 Å². The Kier molecular flexibility index (Phi) is 2.14. The molecule has 1 saturated heterocycles. The smallest absolute Gasteiger partial charge is 0.0690 e. The summed E-state index contributed by atoms with van der Waals surface area (Å²) >= 11 is 0. The Bertz CT molecular complexity index is 282. The summed E-state index contributed by atoms with van der Waals surface area (Å²) in [4.78, 5) is 0. The molecule has 0 aromatic carbocycles. The molecule has 0 amide bonds. The highest BCUT2D eigenvalue weighted by Crippen LogP contribution is 2.62. The van der Waals surface area contributed by atoms with Crippen molar-refractivity contribution in [2.75, 3.05) is 13.2 Å². The SMILES string of the molecule is C1CC2(C1)C(NCCC1CC1)C1CCOC12. The topological polar surface area (TPSA) is 21.3 Å². The third kappa shape index (κ3) is 1.26. The van der Waals surface area contributed by atoms with E-state index in [4.69, 9.17) is 4.74 Å². The highest BCUT2D eigenvalue weighted by atomic mass is 16.5. The lowest BCUT2D eigenvalue weighted by Gasteiger charge is -2.63. The molecule has 4 aliphatic rings. The molecule has 3 unspecified atom stereocenters. The van der Waals surface area contributed by atoms with Crippen molar-refractivity contribution in [3.05, 3.63) is 0 Å². The van der Waals surface area contributed by atoms with Crippen LogP contribution in [-0.2, 0) is 4.74 Å². The summed E-state index contributed by atoms with van der Waals surface area (Å²) in [6.07, 6.45) is 10.6. The molecule has 0 bridgehead atoms. The lowest BCUT2D eigenvalue weighted by atomic mass is 9.46. The van der Waals surface area contributed by atoms with Gasteiger partial charge in [0.15, 0.2) is 0 Å². The summed E-state index contributed by atoms with van der Waals surface area (Å²) in [5.74, 6) is 1.93. The van der Waals surface area contributed by atoms with Crippen molar-refractivity contribution < 1.29 is 4.74 Å². The maximum atomic E-state index is 5.94. The first-order chi connectivity index (χ1) is 7.90. The van der Waals surface area contributed by atoms with Gasteiger partial charge in [-0.1, -0.05) is 19.3 Å². The summed E-state index contributed by atoms with van der Waals surface area (Å²) < 4.78 is 5.94. The van der Waals surface area contributed by atoms with E-state index in [2.05, 4.69) is 5.32 Å². The lowest BCUT2D eigenvalue weighted by molar-refractivity contribution is -0.175. The number of nitrogens with one attached hydrogen (secondary N) is 1. The predicted octanol–water partition coefficient (Wildman–Crippen LogP) is 2.33. The molecule has 0 radical (unpaired) electrons. The normalized spacial score (nSPS) is 43.9. The van der Waals surface area contributed by atoms with Crippen molar-refractivity contribution >= 4 is 0 Å². The van der Waals surface area contributed by atoms with Crippen LogP contribution in [0.4, 0.5) is 0 Å². The maximum absolute atomic E-state index is 5.94. The number of ether oxygens (including phenoxy) is 1. The second-order valence-corrected chi connectivity index (χ2v) is 6.49. The highest BCUT2D eigenvalue weighted by molar-refractivity contribution is 5.18. The highest BCUT2D eigenvalue weighted by Gasteiger charge is 2.66. The standard InChI is InChI=1S/C14H23NO/c1-6-14(7-1)12(11-5-9-16-13(11)14)15-8-4-10-2-3-10/h10-13,15H,1-9H2. The molecule has 1 aliphatic heterocycles. The van der Waals surface area contributed by atoms with E-state index >= 15 is 0 Å². The molecule has 2 heteroatoms. The van der Waals surface area contributed by atoms with Crippen LogP contribution in [-0.4, -0.2) is 25.3 Å². The molecule has 1 heterocycles. The molecular formula is C14H23NO. The summed E-state index contributed by atoms with van der Waals surface area (Å²) in [7, 11) is 0. The van der Waals surface area contributed by atoms with Gasteiger partial charge in [-0.3, -0.25) is 0 Å². The van der Waals surface area contributed by atoms with E-state index in [9.17, 15) is 0 Å². The second-order valence-electron chi connectivity index (χ2n) is 6.49. The molecule has 0 aromatic rings. The van der Waals surface area contributed by atoms with Crippen molar-refractivity contribution in [1.82, 2.24) is 5.32 Å². The van der Waals surface area contributed by atoms with Gasteiger partial charge in [-0.15, -0.1) is 0 Å². The van der Waals surface area contributed by atoms with Gasteiger partial charge >= 0.3 is 0 Å². The minimum atomic E-state index is 0.588. The molecule has 1 N–H and O–H groups in total. The fourth-order valence-electron chi connectivity index (χ4n) is 4.41. The minimum Gasteiger partial charge on any atom is -0.377 e. The van der Waals surface area contributed by atoms with E-state index in [-0.39, 0.29) is 0 Å². The summed E-state index contributed by atoms with van der Waals surface area (Å²) in [5, 5.41) is 3.87. The van der Waals surface area contributed by atoms with Crippen LogP contribution in [0.3, 0.4) is 0 Å². The van der Waals surface area contributed by atoms with Gasteiger partial charge in [0.1, 0.15) is 0 Å². The third-order valence-electron chi connectivity index (χ3n) is 5.65. The molecule has 4 rings (SSSR count). The molecule has 2 nitrogen and oxygen atoms in total. The average Bonchev–Trinajstić information content (AvgIpc) is 2.93. The molecule has 4 fully saturated rings. The summed E-state index contributed by atoms with van der Waals surface area (Å²) in [5.41, 5.74) is 0.588. The molecule has 16 heavy (non-hydrogen) atoms. The zero-order valence-electron chi connectivity index (χ0n) is 10.1. The van der Waals surface area contributed by atoms with Gasteiger partial charge in [-0.2, -0.15) is 0 Å². The van der Waals surface area contributed by atoms with E-state index in [0.717, 1.165) is 24.5 Å². The van der Waals surface area contributed by atoms with Gasteiger partial charge < -0.3 is 10.1 Å². The molecule has 1 spiro atoms. The van der Waals surface area contributed by atoms with E-state index in [1.54, 1.807) is 0 Å². The summed E-state index contributed by atoms with van der Waals surface area (Å²) in [6, 6.07) is 0.812. The Morgan fingerprint density at radius 3 is 2.75 bits per heavy atom. The van der Waals surface area contributed by atoms with Gasteiger partial charge in [0.25, 0.3) is 0 Å². The molecule has 0 aromatic heterocycles. The van der Waals surface area contributed by atoms with Crippen LogP contribution in [0.15, 0.2) is 0 Å². The van der Waals surface area contributed by atoms with Gasteiger partial charge in [0.2, 0.25) is 0 Å². The summed E-state index contributed by atoms with van der Waals surface area (Å²) in [6.45, 7) is 2.29. The predicted molar refractivity (Wildman–Crippen MR) is 63.3 cm³/mol. The Hall–Kier alpha value is -0.0800. The van der Waals surface area contributed by atoms with Crippen LogP contribution < -0.4 is 5.32 Å². The monoisotopic (exact) mass is 221 g/mol. The van der Waals surface area contributed by atoms with Crippen molar-refractivity contribution in [1.29, 1.82) is 0 Å². The first kappa shape index (κ1) is 9.90. The number of hydrogen-bond donors (Lipinski definition) is 1.